The molecule has 3 aliphatic rings. The van der Waals surface area contributed by atoms with Crippen LogP contribution in [0.4, 0.5) is 0 Å². The average molecular weight is 330 g/mol. The highest BCUT2D eigenvalue weighted by Gasteiger charge is 2.40. The number of carbonyl (C=O) groups is 1. The van der Waals surface area contributed by atoms with Crippen molar-refractivity contribution in [2.75, 3.05) is 26.7 Å². The van der Waals surface area contributed by atoms with Crippen LogP contribution in [-0.2, 0) is 11.3 Å². The number of amides is 1. The van der Waals surface area contributed by atoms with E-state index in [0.717, 1.165) is 51.2 Å². The highest BCUT2D eigenvalue weighted by molar-refractivity contribution is 5.80. The number of carbonyl (C=O) groups excluding carboxylic acids is 1. The molecule has 1 aromatic carbocycles. The van der Waals surface area contributed by atoms with Crippen LogP contribution in [0.15, 0.2) is 12.1 Å². The first-order valence-corrected chi connectivity index (χ1v) is 9.20. The standard InChI is InChI=1S/C20H30N2O2/c1-5-8-22-18-7-6-16(20(22)23)11-21(13-18)12-17-9-15(3)19(24-4)10-14(17)2/h9-10,16,18H,5-8,11-13H2,1-4H3/t16-,18+/m1/s1. The maximum atomic E-state index is 12.7. The van der Waals surface area contributed by atoms with E-state index in [4.69, 9.17) is 4.74 Å². The second kappa shape index (κ2) is 7.14. The summed E-state index contributed by atoms with van der Waals surface area (Å²) in [4.78, 5) is 17.3. The Labute approximate surface area is 145 Å². The first-order chi connectivity index (χ1) is 11.5. The number of rotatable bonds is 5. The van der Waals surface area contributed by atoms with Gasteiger partial charge >= 0.3 is 0 Å². The molecule has 0 aliphatic carbocycles. The van der Waals surface area contributed by atoms with Crippen molar-refractivity contribution in [3.05, 3.63) is 28.8 Å². The van der Waals surface area contributed by atoms with E-state index in [1.54, 1.807) is 7.11 Å². The number of piperidine rings is 1. The quantitative estimate of drug-likeness (QED) is 0.831. The van der Waals surface area contributed by atoms with Gasteiger partial charge in [0, 0.05) is 32.2 Å². The monoisotopic (exact) mass is 330 g/mol. The fraction of sp³-hybridized carbons (Fsp3) is 0.650. The number of hydrogen-bond donors (Lipinski definition) is 0. The number of hydrogen-bond acceptors (Lipinski definition) is 3. The van der Waals surface area contributed by atoms with Crippen molar-refractivity contribution in [2.24, 2.45) is 5.92 Å². The van der Waals surface area contributed by atoms with E-state index < -0.39 is 0 Å². The molecule has 4 rings (SSSR count). The van der Waals surface area contributed by atoms with Crippen molar-refractivity contribution in [2.45, 2.75) is 52.6 Å². The average Bonchev–Trinajstić information content (AvgIpc) is 2.83. The van der Waals surface area contributed by atoms with Crippen LogP contribution in [0.3, 0.4) is 0 Å². The molecule has 3 fully saturated rings. The Kier molecular flexibility index (Phi) is 5.14. The third-order valence-electron chi connectivity index (χ3n) is 5.58. The molecule has 132 valence electrons. The van der Waals surface area contributed by atoms with Gasteiger partial charge in [-0.1, -0.05) is 13.0 Å². The number of benzene rings is 1. The van der Waals surface area contributed by atoms with Gasteiger partial charge in [0.25, 0.3) is 0 Å². The zero-order valence-corrected chi connectivity index (χ0v) is 15.5. The minimum atomic E-state index is 0.190. The second-order valence-corrected chi connectivity index (χ2v) is 7.40. The largest absolute Gasteiger partial charge is 0.496 e. The third-order valence-corrected chi connectivity index (χ3v) is 5.58. The fourth-order valence-corrected chi connectivity index (χ4v) is 4.27. The molecular formula is C20H30N2O2. The first-order valence-electron chi connectivity index (χ1n) is 9.20. The lowest BCUT2D eigenvalue weighted by molar-refractivity contribution is -0.139. The summed E-state index contributed by atoms with van der Waals surface area (Å²) in [6.45, 7) is 10.2. The van der Waals surface area contributed by atoms with Gasteiger partial charge in [-0.05, 0) is 55.9 Å². The van der Waals surface area contributed by atoms with Crippen molar-refractivity contribution < 1.29 is 9.53 Å². The van der Waals surface area contributed by atoms with Crippen LogP contribution < -0.4 is 4.74 Å². The summed E-state index contributed by atoms with van der Waals surface area (Å²) in [5.74, 6) is 1.53. The van der Waals surface area contributed by atoms with Gasteiger partial charge in [0.2, 0.25) is 5.91 Å². The van der Waals surface area contributed by atoms with Gasteiger partial charge in [-0.25, -0.2) is 0 Å². The maximum absolute atomic E-state index is 12.7. The Morgan fingerprint density at radius 1 is 1.17 bits per heavy atom. The molecule has 4 nitrogen and oxygen atoms in total. The van der Waals surface area contributed by atoms with E-state index in [2.05, 4.69) is 42.7 Å². The second-order valence-electron chi connectivity index (χ2n) is 7.40. The van der Waals surface area contributed by atoms with E-state index in [0.29, 0.717) is 11.9 Å². The molecule has 3 aliphatic heterocycles. The summed E-state index contributed by atoms with van der Waals surface area (Å²) < 4.78 is 5.42. The molecule has 3 heterocycles. The topological polar surface area (TPSA) is 32.8 Å². The first kappa shape index (κ1) is 17.3. The van der Waals surface area contributed by atoms with Crippen molar-refractivity contribution >= 4 is 5.91 Å². The number of ether oxygens (including phenoxy) is 1. The van der Waals surface area contributed by atoms with Crippen LogP contribution in [-0.4, -0.2) is 48.5 Å². The van der Waals surface area contributed by atoms with Crippen molar-refractivity contribution in [1.82, 2.24) is 9.80 Å². The smallest absolute Gasteiger partial charge is 0.227 e. The molecule has 24 heavy (non-hydrogen) atoms. The van der Waals surface area contributed by atoms with E-state index >= 15 is 0 Å². The Hall–Kier alpha value is -1.55. The van der Waals surface area contributed by atoms with Crippen LogP contribution in [0.2, 0.25) is 0 Å². The van der Waals surface area contributed by atoms with Gasteiger partial charge in [-0.3, -0.25) is 9.69 Å². The number of nitrogens with zero attached hydrogens (tertiary/aromatic N) is 2. The summed E-state index contributed by atoms with van der Waals surface area (Å²) in [7, 11) is 1.72. The van der Waals surface area contributed by atoms with Crippen LogP contribution in [0.1, 0.15) is 42.9 Å². The molecule has 0 saturated carbocycles. The predicted octanol–water partition coefficient (Wildman–Crippen LogP) is 3.14. The van der Waals surface area contributed by atoms with Gasteiger partial charge < -0.3 is 9.64 Å². The van der Waals surface area contributed by atoms with Gasteiger partial charge in [-0.15, -0.1) is 0 Å². The normalized spacial score (nSPS) is 24.3. The van der Waals surface area contributed by atoms with E-state index in [1.165, 1.54) is 16.7 Å². The van der Waals surface area contributed by atoms with Gasteiger partial charge in [-0.2, -0.15) is 0 Å². The molecule has 3 saturated heterocycles. The molecule has 2 atom stereocenters. The highest BCUT2D eigenvalue weighted by Crippen LogP contribution is 2.31. The highest BCUT2D eigenvalue weighted by atomic mass is 16.5. The molecule has 4 heteroatoms. The Morgan fingerprint density at radius 3 is 2.67 bits per heavy atom. The minimum absolute atomic E-state index is 0.190. The molecule has 0 aromatic heterocycles. The Morgan fingerprint density at radius 2 is 1.96 bits per heavy atom. The fourth-order valence-electron chi connectivity index (χ4n) is 4.27. The number of aryl methyl sites for hydroxylation is 2. The van der Waals surface area contributed by atoms with E-state index in [9.17, 15) is 4.79 Å². The third kappa shape index (κ3) is 3.30. The van der Waals surface area contributed by atoms with Gasteiger partial charge in [0.05, 0.1) is 13.0 Å². The van der Waals surface area contributed by atoms with Crippen molar-refractivity contribution in [3.8, 4) is 5.75 Å². The Balaban J connectivity index is 1.77. The summed E-state index contributed by atoms with van der Waals surface area (Å²) in [6, 6.07) is 4.77. The van der Waals surface area contributed by atoms with E-state index in [-0.39, 0.29) is 5.92 Å². The molecule has 1 aromatic rings. The van der Waals surface area contributed by atoms with Crippen LogP contribution in [0.25, 0.3) is 0 Å². The zero-order valence-electron chi connectivity index (χ0n) is 15.5. The lowest BCUT2D eigenvalue weighted by Crippen LogP contribution is -2.48. The number of methoxy groups -OCH3 is 1. The van der Waals surface area contributed by atoms with Crippen LogP contribution >= 0.6 is 0 Å². The molecule has 0 unspecified atom stereocenters. The van der Waals surface area contributed by atoms with Gasteiger partial charge in [0.1, 0.15) is 5.75 Å². The summed E-state index contributed by atoms with van der Waals surface area (Å²) in [5.41, 5.74) is 3.80. The molecular weight excluding hydrogens is 300 g/mol. The predicted molar refractivity (Wildman–Crippen MR) is 96.3 cm³/mol. The molecule has 0 radical (unpaired) electrons. The SMILES string of the molecule is CCCN1C(=O)[C@@H]2CC[C@H]1CN(Cc1cc(C)c(OC)cc1C)C2. The lowest BCUT2D eigenvalue weighted by Gasteiger charge is -2.35. The lowest BCUT2D eigenvalue weighted by atomic mass is 9.94. The molecule has 0 N–H and O–H groups in total. The molecule has 1 amide bonds. The zero-order chi connectivity index (χ0) is 17.3. The number of fused-ring (bicyclic) bond motifs is 4. The summed E-state index contributed by atoms with van der Waals surface area (Å²) >= 11 is 0. The van der Waals surface area contributed by atoms with Crippen molar-refractivity contribution in [3.63, 3.8) is 0 Å². The summed E-state index contributed by atoms with van der Waals surface area (Å²) in [5, 5.41) is 0. The minimum Gasteiger partial charge on any atom is -0.496 e. The maximum Gasteiger partial charge on any atom is 0.227 e. The van der Waals surface area contributed by atoms with Crippen LogP contribution in [0.5, 0.6) is 5.75 Å². The van der Waals surface area contributed by atoms with Gasteiger partial charge in [0.15, 0.2) is 0 Å². The van der Waals surface area contributed by atoms with Crippen molar-refractivity contribution in [1.29, 1.82) is 0 Å². The van der Waals surface area contributed by atoms with E-state index in [1.807, 2.05) is 0 Å². The van der Waals surface area contributed by atoms with Crippen LogP contribution in [0, 0.1) is 19.8 Å². The Bertz CT molecular complexity index is 614. The molecule has 0 spiro atoms. The summed E-state index contributed by atoms with van der Waals surface area (Å²) in [6.07, 6.45) is 3.26. The molecule has 2 bridgehead atoms.